The zero-order valence-corrected chi connectivity index (χ0v) is 13.3. The minimum absolute atomic E-state index is 0.112. The van der Waals surface area contributed by atoms with E-state index in [2.05, 4.69) is 5.32 Å². The Balaban J connectivity index is 1.65. The quantitative estimate of drug-likeness (QED) is 0.894. The molecule has 1 unspecified atom stereocenters. The van der Waals surface area contributed by atoms with Crippen LogP contribution in [0.15, 0.2) is 36.4 Å². The lowest BCUT2D eigenvalue weighted by Crippen LogP contribution is -2.27. The van der Waals surface area contributed by atoms with Crippen molar-refractivity contribution < 1.29 is 18.7 Å². The number of halogens is 1. The first-order valence-electron chi connectivity index (χ1n) is 7.96. The highest BCUT2D eigenvalue weighted by Crippen LogP contribution is 2.31. The molecule has 7 heteroatoms. The second-order valence-electron chi connectivity index (χ2n) is 6.07. The van der Waals surface area contributed by atoms with Crippen molar-refractivity contribution in [3.63, 3.8) is 0 Å². The van der Waals surface area contributed by atoms with Gasteiger partial charge in [0.15, 0.2) is 0 Å². The molecule has 2 aromatic carbocycles. The molecule has 25 heavy (non-hydrogen) atoms. The van der Waals surface area contributed by atoms with Crippen LogP contribution in [0.4, 0.5) is 14.9 Å². The predicted molar refractivity (Wildman–Crippen MR) is 89.7 cm³/mol. The number of nitrogens with two attached hydrogens (primary N) is 1. The third-order valence-electron chi connectivity index (χ3n) is 4.50. The van der Waals surface area contributed by atoms with Gasteiger partial charge in [0.2, 0.25) is 0 Å². The normalized spacial score (nSPS) is 19.0. The van der Waals surface area contributed by atoms with Gasteiger partial charge < -0.3 is 15.8 Å². The summed E-state index contributed by atoms with van der Waals surface area (Å²) in [5.41, 5.74) is 8.50. The molecule has 2 aromatic rings. The number of rotatable bonds is 3. The first kappa shape index (κ1) is 15.6. The van der Waals surface area contributed by atoms with Crippen LogP contribution in [-0.4, -0.2) is 31.2 Å². The number of amides is 2. The zero-order valence-electron chi connectivity index (χ0n) is 13.3. The molecule has 0 aliphatic carbocycles. The molecule has 3 N–H and O–H groups in total. The van der Waals surface area contributed by atoms with Gasteiger partial charge in [0, 0.05) is 24.2 Å². The number of nitrogens with zero attached hydrogens (tertiary/aromatic N) is 1. The fraction of sp³-hybridized carbons (Fsp3) is 0.222. The smallest absolute Gasteiger partial charge is 0.414 e. The van der Waals surface area contributed by atoms with Crippen LogP contribution >= 0.6 is 0 Å². The number of nitrogens with one attached hydrogen (secondary N) is 1. The predicted octanol–water partition coefficient (Wildman–Crippen LogP) is 2.02. The summed E-state index contributed by atoms with van der Waals surface area (Å²) in [6, 6.07) is 9.83. The molecule has 0 saturated carbocycles. The Bertz CT molecular complexity index is 884. The Morgan fingerprint density at radius 1 is 1.20 bits per heavy atom. The van der Waals surface area contributed by atoms with Gasteiger partial charge >= 0.3 is 6.09 Å². The fourth-order valence-corrected chi connectivity index (χ4v) is 3.16. The van der Waals surface area contributed by atoms with Gasteiger partial charge in [-0.3, -0.25) is 9.69 Å². The number of ether oxygens (including phenoxy) is 1. The van der Waals surface area contributed by atoms with Crippen molar-refractivity contribution in [2.45, 2.75) is 12.6 Å². The minimum Gasteiger partial charge on any atom is -0.443 e. The van der Waals surface area contributed by atoms with E-state index in [0.717, 1.165) is 5.56 Å². The molecule has 1 atom stereocenters. The standard InChI is InChI=1S/C18H16FN3O3/c19-16-6-12(22-9-13(7-20)25-18(22)24)2-4-14(16)10-1-3-15-11(5-10)8-21-17(15)23/h1-6,13H,7-9,20H2,(H,21,23). The number of carbonyl (C=O) groups is 2. The number of fused-ring (bicyclic) bond motifs is 1. The molecule has 2 amide bonds. The van der Waals surface area contributed by atoms with Crippen molar-refractivity contribution in [2.75, 3.05) is 18.0 Å². The fourth-order valence-electron chi connectivity index (χ4n) is 3.16. The molecular formula is C18H16FN3O3. The van der Waals surface area contributed by atoms with Crippen LogP contribution < -0.4 is 16.0 Å². The van der Waals surface area contributed by atoms with E-state index < -0.39 is 11.9 Å². The van der Waals surface area contributed by atoms with E-state index in [1.807, 2.05) is 0 Å². The monoisotopic (exact) mass is 341 g/mol. The Morgan fingerprint density at radius 3 is 2.72 bits per heavy atom. The maximum atomic E-state index is 14.6. The van der Waals surface area contributed by atoms with Gasteiger partial charge in [0.25, 0.3) is 5.91 Å². The third kappa shape index (κ3) is 2.62. The number of hydrogen-bond acceptors (Lipinski definition) is 4. The molecule has 1 saturated heterocycles. The van der Waals surface area contributed by atoms with Gasteiger partial charge in [0.05, 0.1) is 12.2 Å². The average molecular weight is 341 g/mol. The van der Waals surface area contributed by atoms with Gasteiger partial charge in [-0.1, -0.05) is 6.07 Å². The van der Waals surface area contributed by atoms with Crippen LogP contribution in [0, 0.1) is 5.82 Å². The summed E-state index contributed by atoms with van der Waals surface area (Å²) in [4.78, 5) is 24.8. The van der Waals surface area contributed by atoms with E-state index in [0.29, 0.717) is 35.5 Å². The van der Waals surface area contributed by atoms with Crippen LogP contribution in [0.1, 0.15) is 15.9 Å². The second-order valence-corrected chi connectivity index (χ2v) is 6.07. The number of carbonyl (C=O) groups excluding carboxylic acids is 2. The number of cyclic esters (lactones) is 1. The lowest BCUT2D eigenvalue weighted by Gasteiger charge is -2.14. The second kappa shape index (κ2) is 5.86. The molecule has 128 valence electrons. The van der Waals surface area contributed by atoms with Gasteiger partial charge in [-0.15, -0.1) is 0 Å². The summed E-state index contributed by atoms with van der Waals surface area (Å²) >= 11 is 0. The lowest BCUT2D eigenvalue weighted by molar-refractivity contribution is 0.0965. The van der Waals surface area contributed by atoms with Crippen molar-refractivity contribution in [3.05, 3.63) is 53.3 Å². The average Bonchev–Trinajstić information content (AvgIpc) is 3.17. The zero-order chi connectivity index (χ0) is 17.6. The maximum Gasteiger partial charge on any atom is 0.414 e. The summed E-state index contributed by atoms with van der Waals surface area (Å²) in [5.74, 6) is -0.557. The van der Waals surface area contributed by atoms with Crippen LogP contribution in [0.5, 0.6) is 0 Å². The number of benzene rings is 2. The summed E-state index contributed by atoms with van der Waals surface area (Å²) in [6.45, 7) is 0.979. The van der Waals surface area contributed by atoms with Gasteiger partial charge in [-0.05, 0) is 41.5 Å². The molecule has 0 spiro atoms. The van der Waals surface area contributed by atoms with E-state index in [1.54, 1.807) is 30.3 Å². The number of anilines is 1. The van der Waals surface area contributed by atoms with Crippen molar-refractivity contribution >= 4 is 17.7 Å². The molecule has 2 aliphatic heterocycles. The Kier molecular flexibility index (Phi) is 3.65. The Hall–Kier alpha value is -2.93. The van der Waals surface area contributed by atoms with Gasteiger partial charge in [-0.2, -0.15) is 0 Å². The molecule has 0 aromatic heterocycles. The molecular weight excluding hydrogens is 325 g/mol. The summed E-state index contributed by atoms with van der Waals surface area (Å²) in [6.07, 6.45) is -0.901. The van der Waals surface area contributed by atoms with Crippen LogP contribution in [0.3, 0.4) is 0 Å². The third-order valence-corrected chi connectivity index (χ3v) is 4.50. The maximum absolute atomic E-state index is 14.6. The van der Waals surface area contributed by atoms with Crippen LogP contribution in [-0.2, 0) is 11.3 Å². The van der Waals surface area contributed by atoms with E-state index >= 15 is 0 Å². The molecule has 6 nitrogen and oxygen atoms in total. The lowest BCUT2D eigenvalue weighted by atomic mass is 9.99. The number of hydrogen-bond donors (Lipinski definition) is 2. The molecule has 2 heterocycles. The minimum atomic E-state index is -0.523. The van der Waals surface area contributed by atoms with Crippen molar-refractivity contribution in [2.24, 2.45) is 5.73 Å². The molecule has 4 rings (SSSR count). The summed E-state index contributed by atoms with van der Waals surface area (Å²) < 4.78 is 19.7. The van der Waals surface area contributed by atoms with E-state index in [4.69, 9.17) is 10.5 Å². The van der Waals surface area contributed by atoms with E-state index in [-0.39, 0.29) is 18.6 Å². The van der Waals surface area contributed by atoms with E-state index in [1.165, 1.54) is 11.0 Å². The van der Waals surface area contributed by atoms with Crippen LogP contribution in [0.2, 0.25) is 0 Å². The van der Waals surface area contributed by atoms with E-state index in [9.17, 15) is 14.0 Å². The highest BCUT2D eigenvalue weighted by molar-refractivity contribution is 5.99. The molecule has 0 bridgehead atoms. The molecule has 2 aliphatic rings. The highest BCUT2D eigenvalue weighted by Gasteiger charge is 2.31. The SMILES string of the molecule is NCC1CN(c2ccc(-c3ccc4c(c3)CNC4=O)c(F)c2)C(=O)O1. The van der Waals surface area contributed by atoms with Crippen molar-refractivity contribution in [1.29, 1.82) is 0 Å². The van der Waals surface area contributed by atoms with Crippen molar-refractivity contribution in [1.82, 2.24) is 5.32 Å². The largest absolute Gasteiger partial charge is 0.443 e. The molecule has 0 radical (unpaired) electrons. The summed E-state index contributed by atoms with van der Waals surface area (Å²) in [5, 5.41) is 2.74. The topological polar surface area (TPSA) is 84.7 Å². The Morgan fingerprint density at radius 2 is 2.00 bits per heavy atom. The van der Waals surface area contributed by atoms with Crippen LogP contribution in [0.25, 0.3) is 11.1 Å². The Labute approximate surface area is 143 Å². The van der Waals surface area contributed by atoms with Crippen molar-refractivity contribution in [3.8, 4) is 11.1 Å². The summed E-state index contributed by atoms with van der Waals surface area (Å²) in [7, 11) is 0. The molecule has 1 fully saturated rings. The van der Waals surface area contributed by atoms with Gasteiger partial charge in [-0.25, -0.2) is 9.18 Å². The highest BCUT2D eigenvalue weighted by atomic mass is 19.1. The first-order valence-corrected chi connectivity index (χ1v) is 7.96. The first-order chi connectivity index (χ1) is 12.1. The van der Waals surface area contributed by atoms with Gasteiger partial charge in [0.1, 0.15) is 11.9 Å².